The molecule has 1 amide bonds. The summed E-state index contributed by atoms with van der Waals surface area (Å²) in [5.41, 5.74) is 2.52. The molecule has 1 heterocycles. The summed E-state index contributed by atoms with van der Waals surface area (Å²) in [5.74, 6) is 1.27. The molecule has 6 heteroatoms. The average Bonchev–Trinajstić information content (AvgIpc) is 2.82. The van der Waals surface area contributed by atoms with Crippen LogP contribution in [0.3, 0.4) is 0 Å². The van der Waals surface area contributed by atoms with Crippen LogP contribution in [-0.2, 0) is 18.3 Å². The third-order valence-corrected chi connectivity index (χ3v) is 3.48. The van der Waals surface area contributed by atoms with Crippen LogP contribution in [0.15, 0.2) is 24.4 Å². The third-order valence-electron chi connectivity index (χ3n) is 3.48. The topological polar surface area (TPSA) is 65.4 Å². The molecule has 0 saturated carbocycles. The van der Waals surface area contributed by atoms with Crippen molar-refractivity contribution in [2.75, 3.05) is 18.5 Å². The number of carbonyl (C=O) groups excluding carboxylic acids is 1. The molecule has 0 saturated heterocycles. The lowest BCUT2D eigenvalue weighted by molar-refractivity contribution is -0.115. The molecule has 0 unspecified atom stereocenters. The van der Waals surface area contributed by atoms with Gasteiger partial charge in [-0.05, 0) is 38.5 Å². The lowest BCUT2D eigenvalue weighted by Crippen LogP contribution is -2.15. The van der Waals surface area contributed by atoms with Crippen LogP contribution in [0, 0.1) is 6.92 Å². The molecule has 0 radical (unpaired) electrons. The Hall–Kier alpha value is -2.50. The summed E-state index contributed by atoms with van der Waals surface area (Å²) in [5, 5.41) is 6.99. The summed E-state index contributed by atoms with van der Waals surface area (Å²) in [4.78, 5) is 12.2. The normalized spacial score (nSPS) is 10.4. The Morgan fingerprint density at radius 1 is 1.22 bits per heavy atom. The zero-order chi connectivity index (χ0) is 16.8. The molecule has 0 atom stereocenters. The van der Waals surface area contributed by atoms with E-state index in [2.05, 4.69) is 10.4 Å². The summed E-state index contributed by atoms with van der Waals surface area (Å²) < 4.78 is 12.8. The fourth-order valence-electron chi connectivity index (χ4n) is 2.21. The number of aryl methyl sites for hydroxylation is 1. The van der Waals surface area contributed by atoms with Crippen LogP contribution in [-0.4, -0.2) is 28.9 Å². The SMILES string of the molecule is CCOc1ccc(CC(=O)Nc2cnn(C)c2C)cc1OCC. The smallest absolute Gasteiger partial charge is 0.228 e. The van der Waals surface area contributed by atoms with Gasteiger partial charge >= 0.3 is 0 Å². The van der Waals surface area contributed by atoms with Crippen LogP contribution in [0.5, 0.6) is 11.5 Å². The summed E-state index contributed by atoms with van der Waals surface area (Å²) in [6.45, 7) is 6.87. The van der Waals surface area contributed by atoms with E-state index >= 15 is 0 Å². The molecule has 1 aromatic heterocycles. The molecule has 2 aromatic rings. The quantitative estimate of drug-likeness (QED) is 0.853. The minimum atomic E-state index is -0.0901. The number of nitrogens with one attached hydrogen (secondary N) is 1. The molecule has 0 spiro atoms. The van der Waals surface area contributed by atoms with Gasteiger partial charge in [0.15, 0.2) is 11.5 Å². The Bertz CT molecular complexity index is 680. The van der Waals surface area contributed by atoms with Gasteiger partial charge in [0.2, 0.25) is 5.91 Å². The minimum absolute atomic E-state index is 0.0901. The molecule has 0 aliphatic heterocycles. The van der Waals surface area contributed by atoms with Crippen molar-refractivity contribution in [3.8, 4) is 11.5 Å². The first-order chi connectivity index (χ1) is 11.0. The van der Waals surface area contributed by atoms with Gasteiger partial charge in [-0.15, -0.1) is 0 Å². The summed E-state index contributed by atoms with van der Waals surface area (Å²) in [6.07, 6.45) is 1.91. The first-order valence-electron chi connectivity index (χ1n) is 7.72. The highest BCUT2D eigenvalue weighted by atomic mass is 16.5. The third kappa shape index (κ3) is 4.25. The van der Waals surface area contributed by atoms with Gasteiger partial charge < -0.3 is 14.8 Å². The maximum absolute atomic E-state index is 12.2. The van der Waals surface area contributed by atoms with Gasteiger partial charge in [-0.2, -0.15) is 5.10 Å². The number of hydrogen-bond acceptors (Lipinski definition) is 4. The summed E-state index contributed by atoms with van der Waals surface area (Å²) in [7, 11) is 1.84. The zero-order valence-electron chi connectivity index (χ0n) is 14.0. The highest BCUT2D eigenvalue weighted by molar-refractivity contribution is 5.92. The van der Waals surface area contributed by atoms with Crippen molar-refractivity contribution in [1.29, 1.82) is 0 Å². The van der Waals surface area contributed by atoms with E-state index in [4.69, 9.17) is 9.47 Å². The minimum Gasteiger partial charge on any atom is -0.490 e. The Morgan fingerprint density at radius 3 is 2.52 bits per heavy atom. The van der Waals surface area contributed by atoms with Gasteiger partial charge in [0, 0.05) is 7.05 Å². The molecule has 23 heavy (non-hydrogen) atoms. The van der Waals surface area contributed by atoms with E-state index in [1.165, 1.54) is 0 Å². The number of benzene rings is 1. The molecule has 0 fully saturated rings. The maximum atomic E-state index is 12.2. The van der Waals surface area contributed by atoms with Crippen LogP contribution in [0.2, 0.25) is 0 Å². The average molecular weight is 317 g/mol. The van der Waals surface area contributed by atoms with Crippen molar-refractivity contribution in [2.45, 2.75) is 27.2 Å². The Balaban J connectivity index is 2.08. The van der Waals surface area contributed by atoms with E-state index in [0.717, 1.165) is 16.9 Å². The molecular weight excluding hydrogens is 294 g/mol. The Morgan fingerprint density at radius 2 is 1.91 bits per heavy atom. The predicted molar refractivity (Wildman–Crippen MR) is 89.1 cm³/mol. The van der Waals surface area contributed by atoms with E-state index in [0.29, 0.717) is 24.7 Å². The Labute approximate surface area is 136 Å². The van der Waals surface area contributed by atoms with E-state index in [1.54, 1.807) is 10.9 Å². The lowest BCUT2D eigenvalue weighted by Gasteiger charge is -2.12. The van der Waals surface area contributed by atoms with E-state index in [1.807, 2.05) is 46.0 Å². The lowest BCUT2D eigenvalue weighted by atomic mass is 10.1. The number of carbonyl (C=O) groups is 1. The predicted octanol–water partition coefficient (Wildman–Crippen LogP) is 2.71. The van der Waals surface area contributed by atoms with Crippen molar-refractivity contribution in [3.05, 3.63) is 35.7 Å². The van der Waals surface area contributed by atoms with Crippen LogP contribution in [0.4, 0.5) is 5.69 Å². The van der Waals surface area contributed by atoms with Crippen molar-refractivity contribution < 1.29 is 14.3 Å². The number of nitrogens with zero attached hydrogens (tertiary/aromatic N) is 2. The fraction of sp³-hybridized carbons (Fsp3) is 0.412. The van der Waals surface area contributed by atoms with Gasteiger partial charge in [0.05, 0.1) is 37.2 Å². The fourth-order valence-corrected chi connectivity index (χ4v) is 2.21. The van der Waals surface area contributed by atoms with Gasteiger partial charge in [-0.25, -0.2) is 0 Å². The second-order valence-corrected chi connectivity index (χ2v) is 5.14. The van der Waals surface area contributed by atoms with Crippen LogP contribution in [0.25, 0.3) is 0 Å². The van der Waals surface area contributed by atoms with Crippen molar-refractivity contribution >= 4 is 11.6 Å². The molecule has 0 bridgehead atoms. The number of amides is 1. The van der Waals surface area contributed by atoms with Gasteiger partial charge in [-0.1, -0.05) is 6.07 Å². The first kappa shape index (κ1) is 16.9. The number of hydrogen-bond donors (Lipinski definition) is 1. The van der Waals surface area contributed by atoms with E-state index in [9.17, 15) is 4.79 Å². The molecule has 0 aliphatic carbocycles. The molecule has 2 rings (SSSR count). The Kier molecular flexibility index (Phi) is 5.62. The monoisotopic (exact) mass is 317 g/mol. The van der Waals surface area contributed by atoms with Crippen LogP contribution in [0.1, 0.15) is 25.1 Å². The zero-order valence-corrected chi connectivity index (χ0v) is 14.0. The molecule has 1 aromatic carbocycles. The standard InChI is InChI=1S/C17H23N3O3/c1-5-22-15-8-7-13(9-16(15)23-6-2)10-17(21)19-14-11-18-20(4)12(14)3/h7-9,11H,5-6,10H2,1-4H3,(H,19,21). The second-order valence-electron chi connectivity index (χ2n) is 5.14. The van der Waals surface area contributed by atoms with E-state index < -0.39 is 0 Å². The molecule has 6 nitrogen and oxygen atoms in total. The summed E-state index contributed by atoms with van der Waals surface area (Å²) in [6, 6.07) is 5.57. The number of anilines is 1. The van der Waals surface area contributed by atoms with Crippen molar-refractivity contribution in [2.24, 2.45) is 7.05 Å². The number of ether oxygens (including phenoxy) is 2. The number of rotatable bonds is 7. The van der Waals surface area contributed by atoms with E-state index in [-0.39, 0.29) is 12.3 Å². The van der Waals surface area contributed by atoms with Crippen LogP contribution >= 0.6 is 0 Å². The summed E-state index contributed by atoms with van der Waals surface area (Å²) >= 11 is 0. The maximum Gasteiger partial charge on any atom is 0.228 e. The first-order valence-corrected chi connectivity index (χ1v) is 7.72. The molecule has 1 N–H and O–H groups in total. The van der Waals surface area contributed by atoms with Crippen molar-refractivity contribution in [1.82, 2.24) is 9.78 Å². The highest BCUT2D eigenvalue weighted by Crippen LogP contribution is 2.28. The number of aromatic nitrogens is 2. The van der Waals surface area contributed by atoms with Gasteiger partial charge in [0.25, 0.3) is 0 Å². The molecular formula is C17H23N3O3. The molecule has 124 valence electrons. The van der Waals surface area contributed by atoms with Gasteiger partial charge in [-0.3, -0.25) is 9.48 Å². The largest absolute Gasteiger partial charge is 0.490 e. The van der Waals surface area contributed by atoms with Crippen molar-refractivity contribution in [3.63, 3.8) is 0 Å². The van der Waals surface area contributed by atoms with Gasteiger partial charge in [0.1, 0.15) is 0 Å². The highest BCUT2D eigenvalue weighted by Gasteiger charge is 2.11. The molecule has 0 aliphatic rings. The second kappa shape index (κ2) is 7.67. The van der Waals surface area contributed by atoms with Crippen LogP contribution < -0.4 is 14.8 Å².